The van der Waals surface area contributed by atoms with Gasteiger partial charge in [0.25, 0.3) is 0 Å². The first-order valence-corrected chi connectivity index (χ1v) is 10.5. The summed E-state index contributed by atoms with van der Waals surface area (Å²) in [4.78, 5) is 2.46. The zero-order valence-electron chi connectivity index (χ0n) is 16.9. The van der Waals surface area contributed by atoms with Crippen molar-refractivity contribution in [2.24, 2.45) is 0 Å². The summed E-state index contributed by atoms with van der Waals surface area (Å²) in [6.07, 6.45) is 16.4. The Morgan fingerprint density at radius 1 is 1.26 bits per heavy atom. The molecule has 0 aromatic heterocycles. The van der Waals surface area contributed by atoms with E-state index in [1.165, 1.54) is 22.3 Å². The normalized spacial score (nSPS) is 20.5. The van der Waals surface area contributed by atoms with E-state index in [0.29, 0.717) is 0 Å². The van der Waals surface area contributed by atoms with Crippen molar-refractivity contribution in [3.63, 3.8) is 0 Å². The number of halogens is 1. The number of rotatable bonds is 4. The topological polar surface area (TPSA) is 29.3 Å². The zero-order chi connectivity index (χ0) is 19.6. The van der Waals surface area contributed by atoms with Crippen LogP contribution in [0.1, 0.15) is 44.2 Å². The largest absolute Gasteiger partial charge is 0.398 e. The molecule has 27 heavy (non-hydrogen) atoms. The van der Waals surface area contributed by atoms with Crippen LogP contribution in [0.2, 0.25) is 0 Å². The number of aryl methyl sites for hydroxylation is 1. The number of nitrogen functional groups attached to an aromatic ring is 1. The van der Waals surface area contributed by atoms with E-state index in [9.17, 15) is 0 Å². The molecule has 0 saturated carbocycles. The Kier molecular flexibility index (Phi) is 8.90. The molecule has 2 aliphatic rings. The first-order chi connectivity index (χ1) is 13.1. The van der Waals surface area contributed by atoms with Crippen LogP contribution in [0.5, 0.6) is 0 Å². The molecule has 1 heterocycles. The molecule has 0 spiro atoms. The summed E-state index contributed by atoms with van der Waals surface area (Å²) >= 11 is 6.16. The van der Waals surface area contributed by atoms with E-state index in [2.05, 4.69) is 60.4 Å². The number of hydrogen-bond acceptors (Lipinski definition) is 2. The Labute approximate surface area is 170 Å². The van der Waals surface area contributed by atoms with E-state index in [4.69, 9.17) is 17.3 Å². The van der Waals surface area contributed by atoms with Gasteiger partial charge in [-0.25, -0.2) is 0 Å². The fourth-order valence-electron chi connectivity index (χ4n) is 3.32. The second-order valence-corrected chi connectivity index (χ2v) is 7.45. The van der Waals surface area contributed by atoms with Gasteiger partial charge in [0.2, 0.25) is 0 Å². The van der Waals surface area contributed by atoms with E-state index in [1.54, 1.807) is 0 Å². The molecule has 0 amide bonds. The van der Waals surface area contributed by atoms with Crippen molar-refractivity contribution in [1.29, 1.82) is 0 Å². The van der Waals surface area contributed by atoms with Crippen molar-refractivity contribution in [2.75, 3.05) is 25.4 Å². The van der Waals surface area contributed by atoms with Gasteiger partial charge < -0.3 is 5.73 Å². The van der Waals surface area contributed by atoms with Crippen LogP contribution in [-0.2, 0) is 0 Å². The third-order valence-corrected chi connectivity index (χ3v) is 5.21. The highest BCUT2D eigenvalue weighted by molar-refractivity contribution is 6.21. The molecule has 1 aliphatic carbocycles. The van der Waals surface area contributed by atoms with Crippen LogP contribution in [0.3, 0.4) is 0 Å². The minimum Gasteiger partial charge on any atom is -0.398 e. The fraction of sp³-hybridized carbons (Fsp3) is 0.417. The van der Waals surface area contributed by atoms with Crippen LogP contribution in [-0.4, -0.2) is 29.9 Å². The van der Waals surface area contributed by atoms with Crippen LogP contribution in [0.4, 0.5) is 5.69 Å². The summed E-state index contributed by atoms with van der Waals surface area (Å²) in [5, 5.41) is 0.168. The summed E-state index contributed by atoms with van der Waals surface area (Å²) < 4.78 is 0. The highest BCUT2D eigenvalue weighted by atomic mass is 35.5. The first kappa shape index (κ1) is 21.5. The van der Waals surface area contributed by atoms with Gasteiger partial charge in [-0.15, -0.1) is 11.6 Å². The molecule has 0 radical (unpaired) electrons. The maximum Gasteiger partial charge on any atom is 0.0522 e. The van der Waals surface area contributed by atoms with E-state index >= 15 is 0 Å². The maximum atomic E-state index is 6.16. The van der Waals surface area contributed by atoms with Gasteiger partial charge in [-0.2, -0.15) is 0 Å². The molecule has 1 aromatic rings. The quantitative estimate of drug-likeness (QED) is 0.499. The molecule has 2 nitrogen and oxygen atoms in total. The maximum absolute atomic E-state index is 6.16. The number of benzene rings is 1. The van der Waals surface area contributed by atoms with Crippen molar-refractivity contribution in [2.45, 2.75) is 45.4 Å². The van der Waals surface area contributed by atoms with Gasteiger partial charge in [-0.3, -0.25) is 4.90 Å². The number of anilines is 1. The number of hydrogen-bond donors (Lipinski definition) is 1. The fourth-order valence-corrected chi connectivity index (χ4v) is 3.52. The van der Waals surface area contributed by atoms with E-state index in [-0.39, 0.29) is 5.38 Å². The SMILES string of the molecule is CC.Cc1ccc(N)c(C2=CCN(C/C=C/C3=CCCC(Cl)C=C3)CC2)c1. The predicted octanol–water partition coefficient (Wildman–Crippen LogP) is 6.13. The van der Waals surface area contributed by atoms with Crippen LogP contribution in [0.15, 0.2) is 60.2 Å². The second-order valence-electron chi connectivity index (χ2n) is 6.89. The van der Waals surface area contributed by atoms with Crippen molar-refractivity contribution >= 4 is 22.9 Å². The molecule has 0 bridgehead atoms. The highest BCUT2D eigenvalue weighted by Gasteiger charge is 2.13. The average molecular weight is 385 g/mol. The Bertz CT molecular complexity index is 728. The monoisotopic (exact) mass is 384 g/mol. The minimum atomic E-state index is 0.168. The molecule has 3 heteroatoms. The van der Waals surface area contributed by atoms with Gasteiger partial charge in [0.15, 0.2) is 0 Å². The van der Waals surface area contributed by atoms with Crippen LogP contribution >= 0.6 is 11.6 Å². The van der Waals surface area contributed by atoms with Gasteiger partial charge in [-0.1, -0.05) is 61.9 Å². The lowest BCUT2D eigenvalue weighted by atomic mass is 9.96. The third-order valence-electron chi connectivity index (χ3n) is 4.84. The van der Waals surface area contributed by atoms with Gasteiger partial charge in [0, 0.05) is 30.9 Å². The molecule has 1 unspecified atom stereocenters. The smallest absolute Gasteiger partial charge is 0.0522 e. The Hall–Kier alpha value is -1.77. The lowest BCUT2D eigenvalue weighted by Gasteiger charge is -2.26. The van der Waals surface area contributed by atoms with Crippen LogP contribution < -0.4 is 5.73 Å². The third kappa shape index (κ3) is 6.71. The Morgan fingerprint density at radius 3 is 2.81 bits per heavy atom. The second kappa shape index (κ2) is 11.2. The van der Waals surface area contributed by atoms with Crippen molar-refractivity contribution in [3.05, 3.63) is 71.4 Å². The van der Waals surface area contributed by atoms with Crippen molar-refractivity contribution in [1.82, 2.24) is 4.90 Å². The molecule has 0 saturated heterocycles. The predicted molar refractivity (Wildman–Crippen MR) is 121 cm³/mol. The van der Waals surface area contributed by atoms with Crippen LogP contribution in [0.25, 0.3) is 5.57 Å². The molecule has 1 atom stereocenters. The zero-order valence-corrected chi connectivity index (χ0v) is 17.7. The summed E-state index contributed by atoms with van der Waals surface area (Å²) in [5.74, 6) is 0. The lowest BCUT2D eigenvalue weighted by molar-refractivity contribution is 0.334. The Morgan fingerprint density at radius 2 is 2.07 bits per heavy atom. The molecule has 2 N–H and O–H groups in total. The number of allylic oxidation sites excluding steroid dienone is 5. The van der Waals surface area contributed by atoms with E-state index in [1.807, 2.05) is 19.9 Å². The molecule has 3 rings (SSSR count). The summed E-state index contributed by atoms with van der Waals surface area (Å²) in [7, 11) is 0. The number of nitrogens with two attached hydrogens (primary N) is 1. The summed E-state index contributed by atoms with van der Waals surface area (Å²) in [5.41, 5.74) is 12.2. The summed E-state index contributed by atoms with van der Waals surface area (Å²) in [6, 6.07) is 6.29. The lowest BCUT2D eigenvalue weighted by Crippen LogP contribution is -2.28. The number of nitrogens with zero attached hydrogens (tertiary/aromatic N) is 1. The van der Waals surface area contributed by atoms with Gasteiger partial charge in [-0.05, 0) is 49.5 Å². The summed E-state index contributed by atoms with van der Waals surface area (Å²) in [6.45, 7) is 9.14. The molecule has 0 fully saturated rings. The molecule has 1 aliphatic heterocycles. The van der Waals surface area contributed by atoms with Crippen molar-refractivity contribution in [3.8, 4) is 0 Å². The van der Waals surface area contributed by atoms with Crippen molar-refractivity contribution < 1.29 is 0 Å². The number of alkyl halides is 1. The Balaban J connectivity index is 0.00000126. The minimum absolute atomic E-state index is 0.168. The first-order valence-electron chi connectivity index (χ1n) is 10.1. The van der Waals surface area contributed by atoms with E-state index < -0.39 is 0 Å². The van der Waals surface area contributed by atoms with Gasteiger partial charge >= 0.3 is 0 Å². The van der Waals surface area contributed by atoms with Gasteiger partial charge in [0.05, 0.1) is 5.38 Å². The highest BCUT2D eigenvalue weighted by Crippen LogP contribution is 2.28. The molecule has 146 valence electrons. The van der Waals surface area contributed by atoms with E-state index in [0.717, 1.165) is 44.6 Å². The van der Waals surface area contributed by atoms with Gasteiger partial charge in [0.1, 0.15) is 0 Å². The molecular weight excluding hydrogens is 352 g/mol. The standard InChI is InChI=1S/C22H27ClN2.C2H6/c1-17-7-10-22(24)21(16-17)19-11-14-25(15-12-19)13-3-5-18-4-2-6-20(23)9-8-18;1-2/h3-5,7-11,16,20H,2,6,12-15,24H2,1H3;1-2H3/b5-3+;. The molecular formula is C24H33ClN2. The molecule has 1 aromatic carbocycles. The average Bonchev–Trinajstić information content (AvgIpc) is 2.90. The van der Waals surface area contributed by atoms with Crippen LogP contribution in [0, 0.1) is 6.92 Å².